The van der Waals surface area contributed by atoms with Crippen molar-refractivity contribution in [1.82, 2.24) is 4.98 Å². The van der Waals surface area contributed by atoms with E-state index in [1.54, 1.807) is 72.4 Å². The number of benzene rings is 2. The Morgan fingerprint density at radius 1 is 0.867 bits per heavy atom. The number of amides is 2. The quantitative estimate of drug-likeness (QED) is 0.426. The molecule has 0 saturated carbocycles. The highest BCUT2D eigenvalue weighted by Crippen LogP contribution is 2.26. The molecule has 2 heterocycles. The van der Waals surface area contributed by atoms with Crippen LogP contribution in [0.15, 0.2) is 70.7 Å². The number of anilines is 2. The van der Waals surface area contributed by atoms with Crippen molar-refractivity contribution in [1.29, 1.82) is 0 Å². The maximum atomic E-state index is 12.5. The zero-order valence-electron chi connectivity index (χ0n) is 15.9. The van der Waals surface area contributed by atoms with E-state index in [4.69, 9.17) is 4.74 Å². The molecule has 0 spiro atoms. The van der Waals surface area contributed by atoms with Gasteiger partial charge in [-0.3, -0.25) is 9.59 Å². The molecule has 0 atom stereocenters. The Morgan fingerprint density at radius 3 is 2.17 bits per heavy atom. The lowest BCUT2D eigenvalue weighted by atomic mass is 10.2. The molecule has 8 heteroatoms. The van der Waals surface area contributed by atoms with Gasteiger partial charge < -0.3 is 15.4 Å². The molecule has 4 rings (SSSR count). The standard InChI is InChI=1S/C22H17N3O3S2/c1-28-18-8-6-17(7-9-18)23-20(26)14-2-4-16(5-3-14)24-21(27)19-13-30-22(25-19)15-10-11-29-12-15/h2-13H,1H3,(H,23,26)(H,24,27). The topological polar surface area (TPSA) is 80.3 Å². The van der Waals surface area contributed by atoms with Crippen LogP contribution >= 0.6 is 22.7 Å². The number of carbonyl (C=O) groups excluding carboxylic acids is 2. The minimum Gasteiger partial charge on any atom is -0.497 e. The first-order valence-electron chi connectivity index (χ1n) is 8.97. The fraction of sp³-hybridized carbons (Fsp3) is 0.0455. The van der Waals surface area contributed by atoms with E-state index in [1.807, 2.05) is 16.8 Å². The summed E-state index contributed by atoms with van der Waals surface area (Å²) in [4.78, 5) is 29.3. The molecule has 0 radical (unpaired) electrons. The second-order valence-corrected chi connectivity index (χ2v) is 7.90. The minimum atomic E-state index is -0.289. The number of nitrogens with zero attached hydrogens (tertiary/aromatic N) is 1. The average Bonchev–Trinajstić information content (AvgIpc) is 3.47. The lowest BCUT2D eigenvalue weighted by Gasteiger charge is -2.08. The SMILES string of the molecule is COc1ccc(NC(=O)c2ccc(NC(=O)c3csc(-c4ccsc4)n3)cc2)cc1. The Hall–Kier alpha value is -3.49. The molecule has 6 nitrogen and oxygen atoms in total. The van der Waals surface area contributed by atoms with Crippen molar-refractivity contribution < 1.29 is 14.3 Å². The summed E-state index contributed by atoms with van der Waals surface area (Å²) >= 11 is 3.02. The van der Waals surface area contributed by atoms with Crippen LogP contribution in [0.25, 0.3) is 10.6 Å². The van der Waals surface area contributed by atoms with Gasteiger partial charge in [-0.1, -0.05) is 0 Å². The van der Waals surface area contributed by atoms with Gasteiger partial charge in [-0.25, -0.2) is 4.98 Å². The van der Waals surface area contributed by atoms with Crippen molar-refractivity contribution in [2.75, 3.05) is 17.7 Å². The Labute approximate surface area is 181 Å². The zero-order valence-corrected chi connectivity index (χ0v) is 17.5. The largest absolute Gasteiger partial charge is 0.497 e. The van der Waals surface area contributed by atoms with Crippen LogP contribution in [0.2, 0.25) is 0 Å². The van der Waals surface area contributed by atoms with Crippen LogP contribution in [0, 0.1) is 0 Å². The van der Waals surface area contributed by atoms with E-state index in [-0.39, 0.29) is 11.8 Å². The minimum absolute atomic E-state index is 0.238. The van der Waals surface area contributed by atoms with Gasteiger partial charge in [0.15, 0.2) is 0 Å². The van der Waals surface area contributed by atoms with Crippen LogP contribution in [-0.4, -0.2) is 23.9 Å². The van der Waals surface area contributed by atoms with Crippen LogP contribution < -0.4 is 15.4 Å². The summed E-state index contributed by atoms with van der Waals surface area (Å²) in [5.74, 6) is 0.191. The summed E-state index contributed by atoms with van der Waals surface area (Å²) in [6.07, 6.45) is 0. The average molecular weight is 436 g/mol. The molecule has 0 saturated heterocycles. The highest BCUT2D eigenvalue weighted by Gasteiger charge is 2.13. The molecule has 0 aliphatic heterocycles. The number of thiophene rings is 1. The fourth-order valence-electron chi connectivity index (χ4n) is 2.67. The summed E-state index contributed by atoms with van der Waals surface area (Å²) in [6.45, 7) is 0. The Balaban J connectivity index is 1.38. The Kier molecular flexibility index (Phi) is 5.87. The van der Waals surface area contributed by atoms with E-state index in [2.05, 4.69) is 15.6 Å². The van der Waals surface area contributed by atoms with E-state index in [1.165, 1.54) is 11.3 Å². The number of methoxy groups -OCH3 is 1. The first-order valence-corrected chi connectivity index (χ1v) is 10.8. The summed E-state index contributed by atoms with van der Waals surface area (Å²) in [7, 11) is 1.59. The fourth-order valence-corrected chi connectivity index (χ4v) is 4.19. The van der Waals surface area contributed by atoms with Gasteiger partial charge in [-0.15, -0.1) is 11.3 Å². The molecule has 0 aliphatic carbocycles. The van der Waals surface area contributed by atoms with E-state index in [0.717, 1.165) is 16.3 Å². The zero-order chi connectivity index (χ0) is 20.9. The third kappa shape index (κ3) is 4.56. The van der Waals surface area contributed by atoms with E-state index in [9.17, 15) is 9.59 Å². The predicted octanol–water partition coefficient (Wildman–Crippen LogP) is 5.38. The van der Waals surface area contributed by atoms with Gasteiger partial charge in [0.2, 0.25) is 0 Å². The van der Waals surface area contributed by atoms with E-state index < -0.39 is 0 Å². The second-order valence-electron chi connectivity index (χ2n) is 6.26. The number of thiazole rings is 1. The van der Waals surface area contributed by atoms with E-state index >= 15 is 0 Å². The smallest absolute Gasteiger partial charge is 0.275 e. The van der Waals surface area contributed by atoms with Crippen LogP contribution in [0.1, 0.15) is 20.8 Å². The lowest BCUT2D eigenvalue weighted by Crippen LogP contribution is -2.14. The molecular formula is C22H17N3O3S2. The Bertz CT molecular complexity index is 1150. The molecule has 150 valence electrons. The predicted molar refractivity (Wildman–Crippen MR) is 121 cm³/mol. The highest BCUT2D eigenvalue weighted by molar-refractivity contribution is 7.14. The van der Waals surface area contributed by atoms with Gasteiger partial charge in [-0.2, -0.15) is 11.3 Å². The van der Waals surface area contributed by atoms with Crippen LogP contribution in [0.4, 0.5) is 11.4 Å². The molecule has 30 heavy (non-hydrogen) atoms. The molecule has 2 N–H and O–H groups in total. The lowest BCUT2D eigenvalue weighted by molar-refractivity contribution is 0.101. The van der Waals surface area contributed by atoms with Gasteiger partial charge in [0, 0.05) is 33.3 Å². The summed E-state index contributed by atoms with van der Waals surface area (Å²) in [6, 6.07) is 15.7. The van der Waals surface area contributed by atoms with E-state index in [0.29, 0.717) is 22.6 Å². The van der Waals surface area contributed by atoms with Crippen molar-refractivity contribution in [3.05, 3.63) is 82.0 Å². The highest BCUT2D eigenvalue weighted by atomic mass is 32.1. The van der Waals surface area contributed by atoms with Crippen LogP contribution in [0.3, 0.4) is 0 Å². The normalized spacial score (nSPS) is 10.4. The van der Waals surface area contributed by atoms with Crippen molar-refractivity contribution in [2.45, 2.75) is 0 Å². The monoisotopic (exact) mass is 435 g/mol. The molecule has 0 bridgehead atoms. The number of carbonyl (C=O) groups is 2. The molecule has 2 aromatic carbocycles. The van der Waals surface area contributed by atoms with Crippen molar-refractivity contribution in [3.8, 4) is 16.3 Å². The maximum absolute atomic E-state index is 12.5. The number of hydrogen-bond donors (Lipinski definition) is 2. The molecule has 0 aliphatic rings. The molecule has 2 aromatic heterocycles. The third-order valence-corrected chi connectivity index (χ3v) is 5.83. The molecule has 0 unspecified atom stereocenters. The number of aromatic nitrogens is 1. The first-order chi connectivity index (χ1) is 14.6. The summed E-state index contributed by atoms with van der Waals surface area (Å²) in [5, 5.41) is 12.1. The van der Waals surface area contributed by atoms with Gasteiger partial charge in [0.25, 0.3) is 11.8 Å². The van der Waals surface area contributed by atoms with Crippen molar-refractivity contribution in [3.63, 3.8) is 0 Å². The van der Waals surface area contributed by atoms with Gasteiger partial charge in [0.1, 0.15) is 16.5 Å². The molecular weight excluding hydrogens is 418 g/mol. The first kappa shape index (κ1) is 19.8. The number of rotatable bonds is 6. The molecule has 0 fully saturated rings. The number of hydrogen-bond acceptors (Lipinski definition) is 6. The maximum Gasteiger partial charge on any atom is 0.275 e. The van der Waals surface area contributed by atoms with Crippen LogP contribution in [-0.2, 0) is 0 Å². The summed E-state index contributed by atoms with van der Waals surface area (Å²) in [5.41, 5.74) is 3.12. The second kappa shape index (κ2) is 8.89. The van der Waals surface area contributed by atoms with Crippen LogP contribution in [0.5, 0.6) is 5.75 Å². The number of nitrogens with one attached hydrogen (secondary N) is 2. The van der Waals surface area contributed by atoms with Gasteiger partial charge in [0.05, 0.1) is 7.11 Å². The van der Waals surface area contributed by atoms with Gasteiger partial charge in [-0.05, 0) is 60.0 Å². The summed E-state index contributed by atoms with van der Waals surface area (Å²) < 4.78 is 5.11. The van der Waals surface area contributed by atoms with Crippen molar-refractivity contribution >= 4 is 45.9 Å². The third-order valence-electron chi connectivity index (χ3n) is 4.26. The van der Waals surface area contributed by atoms with Crippen molar-refractivity contribution in [2.24, 2.45) is 0 Å². The molecule has 4 aromatic rings. The Morgan fingerprint density at radius 2 is 1.53 bits per heavy atom. The van der Waals surface area contributed by atoms with Gasteiger partial charge >= 0.3 is 0 Å². The molecule has 2 amide bonds. The number of ether oxygens (including phenoxy) is 1.